The number of hydrogen-bond acceptors (Lipinski definition) is 6. The molecule has 0 aliphatic carbocycles. The lowest BCUT2D eigenvalue weighted by atomic mass is 10.0. The van der Waals surface area contributed by atoms with Crippen molar-refractivity contribution >= 4 is 5.91 Å². The molecular weight excluding hydrogens is 446 g/mol. The minimum atomic E-state index is -3.88. The van der Waals surface area contributed by atoms with Crippen molar-refractivity contribution in [1.29, 1.82) is 0 Å². The number of aliphatic hydroxyl groups is 3. The van der Waals surface area contributed by atoms with Crippen LogP contribution in [0.25, 0.3) is 0 Å². The van der Waals surface area contributed by atoms with E-state index in [2.05, 4.69) is 10.6 Å². The third kappa shape index (κ3) is 4.59. The van der Waals surface area contributed by atoms with Crippen molar-refractivity contribution in [3.8, 4) is 0 Å². The molecule has 2 aliphatic heterocycles. The van der Waals surface area contributed by atoms with Crippen LogP contribution in [0.1, 0.15) is 41.3 Å². The number of piperidine rings is 1. The van der Waals surface area contributed by atoms with Crippen molar-refractivity contribution < 1.29 is 37.7 Å². The van der Waals surface area contributed by atoms with Crippen LogP contribution < -0.4 is 10.6 Å². The molecule has 11 heteroatoms. The number of amides is 1. The number of nitrogens with one attached hydrogen (secondary N) is 2. The molecule has 1 fully saturated rings. The van der Waals surface area contributed by atoms with Crippen LogP contribution in [0.5, 0.6) is 0 Å². The van der Waals surface area contributed by atoms with Gasteiger partial charge in [-0.3, -0.25) is 15.0 Å². The molecular formula is C22H23F4N3O4. The molecule has 0 saturated carbocycles. The van der Waals surface area contributed by atoms with E-state index < -0.39 is 47.8 Å². The van der Waals surface area contributed by atoms with E-state index in [1.807, 2.05) is 0 Å². The third-order valence-electron chi connectivity index (χ3n) is 6.07. The van der Waals surface area contributed by atoms with Gasteiger partial charge in [0.15, 0.2) is 17.9 Å². The van der Waals surface area contributed by atoms with E-state index in [0.717, 1.165) is 0 Å². The van der Waals surface area contributed by atoms with Gasteiger partial charge < -0.3 is 20.6 Å². The van der Waals surface area contributed by atoms with E-state index >= 15 is 0 Å². The van der Waals surface area contributed by atoms with Gasteiger partial charge in [0.05, 0.1) is 6.04 Å². The topological polar surface area (TPSA) is 105 Å². The summed E-state index contributed by atoms with van der Waals surface area (Å²) in [6.45, 7) is 0.113. The molecule has 1 amide bonds. The van der Waals surface area contributed by atoms with Crippen molar-refractivity contribution in [2.75, 3.05) is 0 Å². The Morgan fingerprint density at radius 2 is 1.91 bits per heavy atom. The number of rotatable bonds is 6. The molecule has 4 unspecified atom stereocenters. The lowest BCUT2D eigenvalue weighted by Crippen LogP contribution is -2.54. The minimum Gasteiger partial charge on any atom is -0.374 e. The van der Waals surface area contributed by atoms with E-state index in [-0.39, 0.29) is 25.4 Å². The number of carbonyl (C=O) groups excluding carboxylic acids is 1. The van der Waals surface area contributed by atoms with Crippen LogP contribution in [0.2, 0.25) is 0 Å². The number of benzene rings is 2. The molecule has 178 valence electrons. The Hall–Kier alpha value is -2.57. The summed E-state index contributed by atoms with van der Waals surface area (Å²) in [5, 5.41) is 35.5. The molecule has 33 heavy (non-hydrogen) atoms. The second-order valence-electron chi connectivity index (χ2n) is 8.23. The average Bonchev–Trinajstić information content (AvgIpc) is 3.09. The first-order valence-electron chi connectivity index (χ1n) is 10.4. The maximum atomic E-state index is 14.5. The Kier molecular flexibility index (Phi) is 6.43. The molecule has 2 aromatic rings. The van der Waals surface area contributed by atoms with Crippen LogP contribution in [0.15, 0.2) is 36.4 Å². The normalized spacial score (nSPS) is 24.5. The molecule has 0 spiro atoms. The van der Waals surface area contributed by atoms with Gasteiger partial charge in [0.25, 0.3) is 0 Å². The van der Waals surface area contributed by atoms with Gasteiger partial charge in [0.2, 0.25) is 5.91 Å². The number of halogens is 4. The monoisotopic (exact) mass is 469 g/mol. The van der Waals surface area contributed by atoms with Gasteiger partial charge in [-0.15, -0.1) is 0 Å². The molecule has 5 N–H and O–H groups in total. The van der Waals surface area contributed by atoms with Gasteiger partial charge in [-0.2, -0.15) is 8.78 Å². The second-order valence-corrected chi connectivity index (χ2v) is 8.23. The van der Waals surface area contributed by atoms with Gasteiger partial charge in [0, 0.05) is 25.1 Å². The fourth-order valence-electron chi connectivity index (χ4n) is 4.24. The zero-order valence-corrected chi connectivity index (χ0v) is 17.3. The summed E-state index contributed by atoms with van der Waals surface area (Å²) in [7, 11) is 0. The van der Waals surface area contributed by atoms with E-state index in [1.54, 1.807) is 23.1 Å². The van der Waals surface area contributed by atoms with Gasteiger partial charge in [-0.05, 0) is 41.3 Å². The van der Waals surface area contributed by atoms with Gasteiger partial charge in [-0.25, -0.2) is 8.78 Å². The summed E-state index contributed by atoms with van der Waals surface area (Å²) in [5.74, 6) is -6.85. The first-order valence-corrected chi connectivity index (χ1v) is 10.4. The number of hydrogen-bond donors (Lipinski definition) is 5. The number of carbonyl (C=O) groups is 1. The van der Waals surface area contributed by atoms with Crippen molar-refractivity contribution in [2.24, 2.45) is 0 Å². The van der Waals surface area contributed by atoms with Gasteiger partial charge in [0.1, 0.15) is 12.5 Å². The predicted octanol–water partition coefficient (Wildman–Crippen LogP) is 1.57. The zero-order valence-electron chi connectivity index (χ0n) is 17.3. The van der Waals surface area contributed by atoms with Crippen molar-refractivity contribution in [1.82, 2.24) is 15.5 Å². The molecule has 0 radical (unpaired) electrons. The SMILES string of the molecule is O=C1CCC(N2Cc3cc(CNC(O)C(F)(F)c4ccc(F)c(F)c4)ccc3C2O)C(O)N1. The molecule has 0 bridgehead atoms. The Labute approximate surface area is 186 Å². The molecule has 2 aromatic carbocycles. The fraction of sp³-hybridized carbons (Fsp3) is 0.409. The van der Waals surface area contributed by atoms with E-state index in [0.29, 0.717) is 41.3 Å². The molecule has 4 rings (SSSR count). The quantitative estimate of drug-likeness (QED) is 0.325. The Bertz CT molecular complexity index is 1050. The smallest absolute Gasteiger partial charge is 0.311 e. The van der Waals surface area contributed by atoms with Crippen LogP contribution >= 0.6 is 0 Å². The minimum absolute atomic E-state index is 0.161. The van der Waals surface area contributed by atoms with E-state index in [9.17, 15) is 37.7 Å². The Balaban J connectivity index is 1.42. The van der Waals surface area contributed by atoms with Crippen LogP contribution in [0.4, 0.5) is 17.6 Å². The molecule has 2 aliphatic rings. The molecule has 1 saturated heterocycles. The van der Waals surface area contributed by atoms with Crippen molar-refractivity contribution in [2.45, 2.75) is 56.6 Å². The summed E-state index contributed by atoms with van der Waals surface area (Å²) in [6, 6.07) is 6.04. The highest BCUT2D eigenvalue weighted by atomic mass is 19.3. The highest BCUT2D eigenvalue weighted by molar-refractivity contribution is 5.77. The average molecular weight is 469 g/mol. The summed E-state index contributed by atoms with van der Waals surface area (Å²) in [4.78, 5) is 13.1. The lowest BCUT2D eigenvalue weighted by molar-refractivity contribution is -0.135. The van der Waals surface area contributed by atoms with Gasteiger partial charge >= 0.3 is 5.92 Å². The van der Waals surface area contributed by atoms with Crippen LogP contribution in [-0.4, -0.2) is 44.6 Å². The van der Waals surface area contributed by atoms with Crippen LogP contribution in [0.3, 0.4) is 0 Å². The Morgan fingerprint density at radius 3 is 2.61 bits per heavy atom. The summed E-state index contributed by atoms with van der Waals surface area (Å²) in [5.41, 5.74) is 0.982. The van der Waals surface area contributed by atoms with Crippen molar-refractivity contribution in [3.63, 3.8) is 0 Å². The number of fused-ring (bicyclic) bond motifs is 1. The molecule has 7 nitrogen and oxygen atoms in total. The fourth-order valence-corrected chi connectivity index (χ4v) is 4.24. The predicted molar refractivity (Wildman–Crippen MR) is 107 cm³/mol. The zero-order chi connectivity index (χ0) is 23.9. The van der Waals surface area contributed by atoms with Gasteiger partial charge in [-0.1, -0.05) is 18.2 Å². The molecule has 0 aromatic heterocycles. The molecule has 2 heterocycles. The molecule has 4 atom stereocenters. The van der Waals surface area contributed by atoms with Crippen molar-refractivity contribution in [3.05, 3.63) is 70.3 Å². The van der Waals surface area contributed by atoms with Crippen LogP contribution in [0, 0.1) is 11.6 Å². The van der Waals surface area contributed by atoms with E-state index in [1.165, 1.54) is 0 Å². The maximum Gasteiger partial charge on any atom is 0.311 e. The summed E-state index contributed by atoms with van der Waals surface area (Å²) < 4.78 is 55.3. The van der Waals surface area contributed by atoms with Crippen LogP contribution in [-0.2, 0) is 23.8 Å². The highest BCUT2D eigenvalue weighted by Crippen LogP contribution is 2.36. The van der Waals surface area contributed by atoms with E-state index in [4.69, 9.17) is 0 Å². The lowest BCUT2D eigenvalue weighted by Gasteiger charge is -2.36. The summed E-state index contributed by atoms with van der Waals surface area (Å²) in [6.07, 6.45) is -3.89. The largest absolute Gasteiger partial charge is 0.374 e. The second kappa shape index (κ2) is 8.99. The highest BCUT2D eigenvalue weighted by Gasteiger charge is 2.41. The number of nitrogens with zero attached hydrogens (tertiary/aromatic N) is 1. The maximum absolute atomic E-state index is 14.5. The number of alkyl halides is 2. The number of aliphatic hydroxyl groups excluding tert-OH is 3. The first-order chi connectivity index (χ1) is 15.6. The third-order valence-corrected chi connectivity index (χ3v) is 6.07. The first kappa shape index (κ1) is 23.6. The summed E-state index contributed by atoms with van der Waals surface area (Å²) >= 11 is 0. The Morgan fingerprint density at radius 1 is 1.15 bits per heavy atom. The standard InChI is InChI=1S/C22H23F4N3O4/c23-15-4-2-13(8-16(15)24)22(25,26)21(33)27-9-11-1-3-14-12(7-11)10-29(20(14)32)17-5-6-18(30)28-19(17)31/h1-4,7-8,17,19-21,27,31-33H,5-6,9-10H2,(H,28,30).